The van der Waals surface area contributed by atoms with Crippen LogP contribution in [-0.2, 0) is 11.3 Å². The van der Waals surface area contributed by atoms with E-state index < -0.39 is 0 Å². The fourth-order valence-corrected chi connectivity index (χ4v) is 1.50. The van der Waals surface area contributed by atoms with Crippen molar-refractivity contribution in [1.82, 2.24) is 0 Å². The van der Waals surface area contributed by atoms with Crippen molar-refractivity contribution in [2.45, 2.75) is 33.5 Å². The minimum atomic E-state index is 0.210. The summed E-state index contributed by atoms with van der Waals surface area (Å²) < 4.78 is 11.1. The Hall–Kier alpha value is -1.50. The van der Waals surface area contributed by atoms with Gasteiger partial charge in [-0.2, -0.15) is 0 Å². The molecule has 1 atom stereocenters. The molecule has 0 radical (unpaired) electrons. The molecule has 3 heteroatoms. The highest BCUT2D eigenvalue weighted by atomic mass is 16.5. The van der Waals surface area contributed by atoms with Crippen molar-refractivity contribution in [3.8, 4) is 17.6 Å². The van der Waals surface area contributed by atoms with Gasteiger partial charge in [0.05, 0.1) is 26.4 Å². The van der Waals surface area contributed by atoms with Crippen molar-refractivity contribution in [3.63, 3.8) is 0 Å². The van der Waals surface area contributed by atoms with Crippen LogP contribution in [0.1, 0.15) is 31.9 Å². The maximum Gasteiger partial charge on any atom is 0.119 e. The number of hydrogen-bond donors (Lipinski definition) is 1. The maximum atomic E-state index is 5.86. The van der Waals surface area contributed by atoms with Crippen molar-refractivity contribution in [2.75, 3.05) is 13.7 Å². The van der Waals surface area contributed by atoms with Crippen molar-refractivity contribution in [1.29, 1.82) is 0 Å². The van der Waals surface area contributed by atoms with Gasteiger partial charge in [-0.05, 0) is 36.6 Å². The van der Waals surface area contributed by atoms with E-state index in [4.69, 9.17) is 15.2 Å². The molecule has 0 spiro atoms. The summed E-state index contributed by atoms with van der Waals surface area (Å²) in [6.07, 6.45) is 0.210. The smallest absolute Gasteiger partial charge is 0.119 e. The molecule has 1 rings (SSSR count). The normalized spacial score (nSPS) is 11.9. The molecular weight excluding hydrogens is 238 g/mol. The topological polar surface area (TPSA) is 44.5 Å². The molecule has 19 heavy (non-hydrogen) atoms. The third kappa shape index (κ3) is 4.94. The van der Waals surface area contributed by atoms with Gasteiger partial charge in [-0.15, -0.1) is 0 Å². The summed E-state index contributed by atoms with van der Waals surface area (Å²) in [5.74, 6) is 7.24. The van der Waals surface area contributed by atoms with Crippen LogP contribution >= 0.6 is 0 Å². The van der Waals surface area contributed by atoms with Crippen LogP contribution in [-0.4, -0.2) is 19.8 Å². The van der Waals surface area contributed by atoms with Gasteiger partial charge < -0.3 is 15.2 Å². The van der Waals surface area contributed by atoms with Gasteiger partial charge in [-0.3, -0.25) is 0 Å². The van der Waals surface area contributed by atoms with Crippen LogP contribution < -0.4 is 10.5 Å². The molecule has 1 unspecified atom stereocenters. The number of benzene rings is 1. The highest BCUT2D eigenvalue weighted by molar-refractivity contribution is 5.45. The molecule has 1 aromatic carbocycles. The zero-order valence-corrected chi connectivity index (χ0v) is 12.2. The lowest BCUT2D eigenvalue weighted by Gasteiger charge is -2.17. The van der Waals surface area contributed by atoms with Crippen LogP contribution in [0.15, 0.2) is 18.2 Å². The van der Waals surface area contributed by atoms with Gasteiger partial charge in [-0.25, -0.2) is 0 Å². The SMILES string of the molecule is COc1ccc(C#CCN)c(COC(C)C(C)C)c1. The highest BCUT2D eigenvalue weighted by Gasteiger charge is 2.09. The van der Waals surface area contributed by atoms with Crippen LogP contribution in [0.3, 0.4) is 0 Å². The first kappa shape index (κ1) is 15.6. The minimum absolute atomic E-state index is 0.210. The summed E-state index contributed by atoms with van der Waals surface area (Å²) in [4.78, 5) is 0. The molecule has 0 saturated carbocycles. The quantitative estimate of drug-likeness (QED) is 0.829. The van der Waals surface area contributed by atoms with E-state index in [-0.39, 0.29) is 6.10 Å². The summed E-state index contributed by atoms with van der Waals surface area (Å²) in [6.45, 7) is 7.26. The molecule has 0 aliphatic rings. The Labute approximate surface area is 116 Å². The lowest BCUT2D eigenvalue weighted by molar-refractivity contribution is 0.0233. The predicted octanol–water partition coefficient (Wildman–Crippen LogP) is 2.57. The first-order valence-electron chi connectivity index (χ1n) is 6.56. The molecule has 2 N–H and O–H groups in total. The molecule has 0 aliphatic carbocycles. The molecule has 1 aromatic rings. The number of methoxy groups -OCH3 is 1. The first-order valence-corrected chi connectivity index (χ1v) is 6.56. The lowest BCUT2D eigenvalue weighted by Crippen LogP contribution is -2.15. The fourth-order valence-electron chi connectivity index (χ4n) is 1.50. The average Bonchev–Trinajstić information content (AvgIpc) is 2.42. The van der Waals surface area contributed by atoms with Gasteiger partial charge in [0, 0.05) is 5.56 Å². The zero-order chi connectivity index (χ0) is 14.3. The Kier molecular flexibility index (Phi) is 6.41. The van der Waals surface area contributed by atoms with E-state index >= 15 is 0 Å². The second kappa shape index (κ2) is 7.83. The maximum absolute atomic E-state index is 5.86. The van der Waals surface area contributed by atoms with E-state index in [1.54, 1.807) is 7.11 Å². The van der Waals surface area contributed by atoms with Gasteiger partial charge in [0.1, 0.15) is 5.75 Å². The molecule has 0 bridgehead atoms. The summed E-state index contributed by atoms with van der Waals surface area (Å²) in [7, 11) is 1.65. The first-order chi connectivity index (χ1) is 9.08. The standard InChI is InChI=1S/C16H23NO2/c1-12(2)13(3)19-11-15-10-16(18-4)8-7-14(15)6-5-9-17/h7-8,10,12-13H,9,11,17H2,1-4H3. The van der Waals surface area contributed by atoms with Crippen molar-refractivity contribution in [2.24, 2.45) is 11.7 Å². The van der Waals surface area contributed by atoms with Crippen LogP contribution in [0.4, 0.5) is 0 Å². The zero-order valence-electron chi connectivity index (χ0n) is 12.2. The van der Waals surface area contributed by atoms with Crippen molar-refractivity contribution in [3.05, 3.63) is 29.3 Å². The Bertz CT molecular complexity index is 458. The molecule has 0 amide bonds. The molecule has 0 fully saturated rings. The monoisotopic (exact) mass is 261 g/mol. The van der Waals surface area contributed by atoms with Crippen LogP contribution in [0.25, 0.3) is 0 Å². The van der Waals surface area contributed by atoms with Crippen LogP contribution in [0.5, 0.6) is 5.75 Å². The minimum Gasteiger partial charge on any atom is -0.497 e. The molecule has 0 heterocycles. The summed E-state index contributed by atoms with van der Waals surface area (Å²) >= 11 is 0. The van der Waals surface area contributed by atoms with E-state index in [1.807, 2.05) is 18.2 Å². The summed E-state index contributed by atoms with van der Waals surface area (Å²) in [5, 5.41) is 0. The second-order valence-electron chi connectivity index (χ2n) is 4.79. The number of hydrogen-bond acceptors (Lipinski definition) is 3. The summed E-state index contributed by atoms with van der Waals surface area (Å²) in [6, 6.07) is 5.81. The van der Waals surface area contributed by atoms with E-state index in [0.29, 0.717) is 19.1 Å². The Morgan fingerprint density at radius 3 is 2.58 bits per heavy atom. The molecule has 0 aliphatic heterocycles. The van der Waals surface area contributed by atoms with Crippen LogP contribution in [0, 0.1) is 17.8 Å². The molecule has 0 saturated heterocycles. The fraction of sp³-hybridized carbons (Fsp3) is 0.500. The van der Waals surface area contributed by atoms with Gasteiger partial charge in [0.15, 0.2) is 0 Å². The van der Waals surface area contributed by atoms with Gasteiger partial charge >= 0.3 is 0 Å². The Morgan fingerprint density at radius 1 is 1.26 bits per heavy atom. The third-order valence-corrected chi connectivity index (χ3v) is 3.08. The van der Waals surface area contributed by atoms with E-state index in [0.717, 1.165) is 16.9 Å². The van der Waals surface area contributed by atoms with Gasteiger partial charge in [0.25, 0.3) is 0 Å². The Balaban J connectivity index is 2.88. The van der Waals surface area contributed by atoms with Gasteiger partial charge in [-0.1, -0.05) is 25.7 Å². The molecule has 104 valence electrons. The third-order valence-electron chi connectivity index (χ3n) is 3.08. The number of ether oxygens (including phenoxy) is 2. The number of nitrogens with two attached hydrogens (primary N) is 1. The average molecular weight is 261 g/mol. The van der Waals surface area contributed by atoms with Gasteiger partial charge in [0.2, 0.25) is 0 Å². The van der Waals surface area contributed by atoms with E-state index in [9.17, 15) is 0 Å². The molecular formula is C16H23NO2. The highest BCUT2D eigenvalue weighted by Crippen LogP contribution is 2.19. The van der Waals surface area contributed by atoms with Crippen molar-refractivity contribution < 1.29 is 9.47 Å². The number of rotatable bonds is 5. The predicted molar refractivity (Wildman–Crippen MR) is 78.0 cm³/mol. The Morgan fingerprint density at radius 2 is 2.00 bits per heavy atom. The molecule has 0 aromatic heterocycles. The van der Waals surface area contributed by atoms with Crippen LogP contribution in [0.2, 0.25) is 0 Å². The summed E-state index contributed by atoms with van der Waals surface area (Å²) in [5.41, 5.74) is 7.40. The van der Waals surface area contributed by atoms with E-state index in [1.165, 1.54) is 0 Å². The molecule has 3 nitrogen and oxygen atoms in total. The van der Waals surface area contributed by atoms with E-state index in [2.05, 4.69) is 32.6 Å². The van der Waals surface area contributed by atoms with Crippen molar-refractivity contribution >= 4 is 0 Å². The second-order valence-corrected chi connectivity index (χ2v) is 4.79. The largest absolute Gasteiger partial charge is 0.497 e. The lowest BCUT2D eigenvalue weighted by atomic mass is 10.1.